The molecule has 1 saturated carbocycles. The van der Waals surface area contributed by atoms with E-state index >= 15 is 0 Å². The molecule has 2 aliphatic rings. The predicted octanol–water partition coefficient (Wildman–Crippen LogP) is 5.59. The molecule has 0 saturated heterocycles. The van der Waals surface area contributed by atoms with Gasteiger partial charge in [-0.3, -0.25) is 0 Å². The van der Waals surface area contributed by atoms with Gasteiger partial charge in [0, 0.05) is 16.9 Å². The smallest absolute Gasteiger partial charge is 0.212 e. The van der Waals surface area contributed by atoms with Gasteiger partial charge >= 0.3 is 0 Å². The molecule has 3 aromatic rings. The topological polar surface area (TPSA) is 52.3 Å². The van der Waals surface area contributed by atoms with Crippen molar-refractivity contribution in [1.29, 1.82) is 0 Å². The number of halogens is 1. The Labute approximate surface area is 179 Å². The van der Waals surface area contributed by atoms with Gasteiger partial charge in [-0.15, -0.1) is 10.2 Å². The fourth-order valence-electron chi connectivity index (χ4n) is 3.77. The molecule has 0 atom stereocenters. The average molecular weight is 425 g/mol. The molecule has 2 heterocycles. The third kappa shape index (κ3) is 3.67. The zero-order valence-electron chi connectivity index (χ0n) is 16.1. The minimum absolute atomic E-state index is 0.336. The van der Waals surface area contributed by atoms with Crippen LogP contribution in [0.25, 0.3) is 11.4 Å². The molecule has 0 amide bonds. The number of rotatable bonds is 4. The molecule has 7 heteroatoms. The highest BCUT2D eigenvalue weighted by atomic mass is 35.5. The Morgan fingerprint density at radius 3 is 2.76 bits per heavy atom. The van der Waals surface area contributed by atoms with E-state index < -0.39 is 0 Å². The van der Waals surface area contributed by atoms with Crippen LogP contribution in [-0.4, -0.2) is 32.4 Å². The fourth-order valence-corrected chi connectivity index (χ4v) is 4.83. The standard InChI is InChI=1S/C22H21ClN4OS/c1-14-10-11-15(12-20(14)28-16-6-2-3-7-16)19-13-29-22-25-24-21(27(22)26-19)17-8-4-5-9-18(17)23/h4-5,8-12,16H,2-3,6-7,13H2,1H3. The first kappa shape index (κ1) is 18.7. The maximum atomic E-state index is 6.38. The molecule has 0 spiro atoms. The summed E-state index contributed by atoms with van der Waals surface area (Å²) in [7, 11) is 0. The lowest BCUT2D eigenvalue weighted by molar-refractivity contribution is 0.208. The molecule has 1 aliphatic heterocycles. The second kappa shape index (κ2) is 7.84. The van der Waals surface area contributed by atoms with Crippen LogP contribution < -0.4 is 4.74 Å². The lowest BCUT2D eigenvalue weighted by Crippen LogP contribution is -2.15. The highest BCUT2D eigenvalue weighted by Gasteiger charge is 2.23. The molecule has 1 aromatic heterocycles. The van der Waals surface area contributed by atoms with Gasteiger partial charge in [-0.25, -0.2) is 0 Å². The molecule has 0 N–H and O–H groups in total. The van der Waals surface area contributed by atoms with Crippen molar-refractivity contribution in [3.63, 3.8) is 0 Å². The maximum absolute atomic E-state index is 6.38. The summed E-state index contributed by atoms with van der Waals surface area (Å²) in [5.41, 5.74) is 4.03. The zero-order chi connectivity index (χ0) is 19.8. The highest BCUT2D eigenvalue weighted by Crippen LogP contribution is 2.33. The quantitative estimate of drug-likeness (QED) is 0.548. The van der Waals surface area contributed by atoms with Gasteiger partial charge in [-0.05, 0) is 56.4 Å². The van der Waals surface area contributed by atoms with Gasteiger partial charge in [-0.2, -0.15) is 9.78 Å². The van der Waals surface area contributed by atoms with Gasteiger partial charge < -0.3 is 4.74 Å². The summed E-state index contributed by atoms with van der Waals surface area (Å²) in [6, 6.07) is 14.0. The zero-order valence-corrected chi connectivity index (χ0v) is 17.7. The second-order valence-electron chi connectivity index (χ2n) is 7.44. The van der Waals surface area contributed by atoms with E-state index in [1.54, 1.807) is 16.4 Å². The predicted molar refractivity (Wildman–Crippen MR) is 117 cm³/mol. The molecule has 2 aromatic carbocycles. The first-order chi connectivity index (χ1) is 14.2. The van der Waals surface area contributed by atoms with Crippen molar-refractivity contribution in [2.75, 3.05) is 5.75 Å². The number of fused-ring (bicyclic) bond motifs is 1. The summed E-state index contributed by atoms with van der Waals surface area (Å²) >= 11 is 8.01. The summed E-state index contributed by atoms with van der Waals surface area (Å²) in [5, 5.41) is 14.9. The SMILES string of the molecule is Cc1ccc(C2=Nn3c(nnc3-c3ccccc3Cl)SC2)cc1OC1CCCC1. The lowest BCUT2D eigenvalue weighted by Gasteiger charge is -2.18. The van der Waals surface area contributed by atoms with Gasteiger partial charge in [0.2, 0.25) is 5.16 Å². The van der Waals surface area contributed by atoms with Crippen molar-refractivity contribution in [1.82, 2.24) is 14.9 Å². The maximum Gasteiger partial charge on any atom is 0.212 e. The largest absolute Gasteiger partial charge is 0.490 e. The Morgan fingerprint density at radius 1 is 1.10 bits per heavy atom. The van der Waals surface area contributed by atoms with E-state index in [0.717, 1.165) is 51.9 Å². The first-order valence-corrected chi connectivity index (χ1v) is 11.2. The van der Waals surface area contributed by atoms with E-state index in [-0.39, 0.29) is 0 Å². The van der Waals surface area contributed by atoms with Crippen molar-refractivity contribution < 1.29 is 4.74 Å². The van der Waals surface area contributed by atoms with E-state index in [2.05, 4.69) is 35.3 Å². The molecule has 148 valence electrons. The van der Waals surface area contributed by atoms with Crippen molar-refractivity contribution in [2.24, 2.45) is 5.10 Å². The van der Waals surface area contributed by atoms with Crippen LogP contribution in [0, 0.1) is 6.92 Å². The number of hydrogen-bond donors (Lipinski definition) is 0. The van der Waals surface area contributed by atoms with Crippen LogP contribution in [0.5, 0.6) is 5.75 Å². The third-order valence-corrected chi connectivity index (χ3v) is 6.66. The van der Waals surface area contributed by atoms with Gasteiger partial charge in [0.05, 0.1) is 16.8 Å². The van der Waals surface area contributed by atoms with Gasteiger partial charge in [0.25, 0.3) is 0 Å². The number of thioether (sulfide) groups is 1. The molecule has 29 heavy (non-hydrogen) atoms. The van der Waals surface area contributed by atoms with Crippen molar-refractivity contribution in [3.8, 4) is 17.1 Å². The summed E-state index contributed by atoms with van der Waals surface area (Å²) in [6.45, 7) is 2.10. The second-order valence-corrected chi connectivity index (χ2v) is 8.79. The van der Waals surface area contributed by atoms with Gasteiger partial charge in [-0.1, -0.05) is 47.6 Å². The van der Waals surface area contributed by atoms with Crippen LogP contribution >= 0.6 is 23.4 Å². The fraction of sp³-hybridized carbons (Fsp3) is 0.318. The lowest BCUT2D eigenvalue weighted by atomic mass is 10.1. The Kier molecular flexibility index (Phi) is 5.06. The van der Waals surface area contributed by atoms with Gasteiger partial charge in [0.15, 0.2) is 5.82 Å². The van der Waals surface area contributed by atoms with Crippen LogP contribution in [0.15, 0.2) is 52.7 Å². The Morgan fingerprint density at radius 2 is 1.93 bits per heavy atom. The number of aryl methyl sites for hydroxylation is 1. The Hall–Kier alpha value is -2.31. The first-order valence-electron chi connectivity index (χ1n) is 9.88. The van der Waals surface area contributed by atoms with E-state index in [1.165, 1.54) is 12.8 Å². The van der Waals surface area contributed by atoms with E-state index in [1.807, 2.05) is 24.3 Å². The van der Waals surface area contributed by atoms with Crippen LogP contribution in [0.1, 0.15) is 36.8 Å². The van der Waals surface area contributed by atoms with Crippen molar-refractivity contribution in [2.45, 2.75) is 43.9 Å². The Bertz CT molecular complexity index is 1090. The normalized spacial score (nSPS) is 16.6. The Balaban J connectivity index is 1.50. The van der Waals surface area contributed by atoms with Crippen LogP contribution in [0.2, 0.25) is 5.02 Å². The monoisotopic (exact) mass is 424 g/mol. The molecule has 0 bridgehead atoms. The summed E-state index contributed by atoms with van der Waals surface area (Å²) in [5.74, 6) is 2.36. The molecule has 1 aliphatic carbocycles. The van der Waals surface area contributed by atoms with Crippen molar-refractivity contribution >= 4 is 29.1 Å². The summed E-state index contributed by atoms with van der Waals surface area (Å²) < 4.78 is 8.08. The number of aromatic nitrogens is 3. The number of ether oxygens (including phenoxy) is 1. The average Bonchev–Trinajstić information content (AvgIpc) is 3.39. The number of hydrogen-bond acceptors (Lipinski definition) is 5. The molecule has 0 unspecified atom stereocenters. The number of benzene rings is 2. The van der Waals surface area contributed by atoms with E-state index in [9.17, 15) is 0 Å². The molecule has 5 nitrogen and oxygen atoms in total. The van der Waals surface area contributed by atoms with Gasteiger partial charge in [0.1, 0.15) is 5.75 Å². The van der Waals surface area contributed by atoms with Crippen LogP contribution in [-0.2, 0) is 0 Å². The van der Waals surface area contributed by atoms with Crippen LogP contribution in [0.4, 0.5) is 0 Å². The third-order valence-electron chi connectivity index (χ3n) is 5.40. The summed E-state index contributed by atoms with van der Waals surface area (Å²) in [4.78, 5) is 0. The minimum atomic E-state index is 0.336. The van der Waals surface area contributed by atoms with Crippen molar-refractivity contribution in [3.05, 3.63) is 58.6 Å². The molecule has 1 fully saturated rings. The highest BCUT2D eigenvalue weighted by molar-refractivity contribution is 7.99. The summed E-state index contributed by atoms with van der Waals surface area (Å²) in [6.07, 6.45) is 5.14. The minimum Gasteiger partial charge on any atom is -0.490 e. The molecular weight excluding hydrogens is 404 g/mol. The number of nitrogens with zero attached hydrogens (tertiary/aromatic N) is 4. The molecular formula is C22H21ClN4OS. The molecule has 0 radical (unpaired) electrons. The van der Waals surface area contributed by atoms with Crippen LogP contribution in [0.3, 0.4) is 0 Å². The molecule has 5 rings (SSSR count). The van der Waals surface area contributed by atoms with E-state index in [0.29, 0.717) is 17.0 Å². The van der Waals surface area contributed by atoms with E-state index in [4.69, 9.17) is 21.4 Å².